The first kappa shape index (κ1) is 21.9. The van der Waals surface area contributed by atoms with Gasteiger partial charge in [-0.05, 0) is 48.0 Å². The lowest BCUT2D eigenvalue weighted by atomic mass is 10.1. The highest BCUT2D eigenvalue weighted by Crippen LogP contribution is 2.39. The summed E-state index contributed by atoms with van der Waals surface area (Å²) < 4.78 is 40.3. The molecular formula is C25H19FO7. The molecule has 0 saturated carbocycles. The van der Waals surface area contributed by atoms with Crippen LogP contribution in [0, 0.1) is 5.82 Å². The van der Waals surface area contributed by atoms with Crippen LogP contribution in [0.25, 0.3) is 6.08 Å². The Morgan fingerprint density at radius 2 is 1.67 bits per heavy atom. The predicted octanol–water partition coefficient (Wildman–Crippen LogP) is 4.69. The Hall–Kier alpha value is -4.33. The summed E-state index contributed by atoms with van der Waals surface area (Å²) in [5, 5.41) is 0. The van der Waals surface area contributed by atoms with Crippen LogP contribution in [0.3, 0.4) is 0 Å². The molecule has 0 spiro atoms. The lowest BCUT2D eigenvalue weighted by molar-refractivity contribution is 0.0733. The van der Waals surface area contributed by atoms with Crippen molar-refractivity contribution in [2.75, 3.05) is 21.3 Å². The zero-order valence-electron chi connectivity index (χ0n) is 18.0. The Morgan fingerprint density at radius 1 is 0.939 bits per heavy atom. The molecule has 0 N–H and O–H groups in total. The first-order chi connectivity index (χ1) is 15.9. The van der Waals surface area contributed by atoms with E-state index in [9.17, 15) is 14.0 Å². The van der Waals surface area contributed by atoms with Crippen molar-refractivity contribution in [2.45, 2.75) is 0 Å². The number of carbonyl (C=O) groups is 2. The lowest BCUT2D eigenvalue weighted by Crippen LogP contribution is -2.09. The van der Waals surface area contributed by atoms with E-state index in [1.54, 1.807) is 6.07 Å². The highest BCUT2D eigenvalue weighted by Gasteiger charge is 2.28. The van der Waals surface area contributed by atoms with Gasteiger partial charge in [-0.3, -0.25) is 4.79 Å². The Bertz CT molecular complexity index is 1250. The fourth-order valence-corrected chi connectivity index (χ4v) is 3.34. The number of fused-ring (bicyclic) bond motifs is 1. The van der Waals surface area contributed by atoms with Crippen LogP contribution in [0.2, 0.25) is 0 Å². The predicted molar refractivity (Wildman–Crippen MR) is 117 cm³/mol. The highest BCUT2D eigenvalue weighted by atomic mass is 19.1. The van der Waals surface area contributed by atoms with Crippen LogP contribution < -0.4 is 23.7 Å². The fourth-order valence-electron chi connectivity index (χ4n) is 3.34. The van der Waals surface area contributed by atoms with Crippen LogP contribution in [0.5, 0.6) is 28.7 Å². The van der Waals surface area contributed by atoms with Gasteiger partial charge in [0.15, 0.2) is 17.3 Å². The average Bonchev–Trinajstić information content (AvgIpc) is 3.12. The number of ketones is 1. The molecule has 0 unspecified atom stereocenters. The third kappa shape index (κ3) is 4.36. The van der Waals surface area contributed by atoms with Gasteiger partial charge in [-0.1, -0.05) is 12.1 Å². The molecule has 0 amide bonds. The number of benzene rings is 3. The van der Waals surface area contributed by atoms with Crippen LogP contribution in [0.15, 0.2) is 60.4 Å². The third-order valence-corrected chi connectivity index (χ3v) is 4.90. The molecule has 0 atom stereocenters. The molecule has 4 rings (SSSR count). The summed E-state index contributed by atoms with van der Waals surface area (Å²) in [6.45, 7) is 0. The Morgan fingerprint density at radius 3 is 2.30 bits per heavy atom. The van der Waals surface area contributed by atoms with Crippen LogP contribution in [0.4, 0.5) is 4.39 Å². The molecule has 0 radical (unpaired) electrons. The van der Waals surface area contributed by atoms with Gasteiger partial charge in [0.25, 0.3) is 0 Å². The van der Waals surface area contributed by atoms with E-state index in [0.29, 0.717) is 28.4 Å². The van der Waals surface area contributed by atoms with E-state index in [0.717, 1.165) is 0 Å². The third-order valence-electron chi connectivity index (χ3n) is 4.90. The molecule has 0 saturated heterocycles. The Kier molecular flexibility index (Phi) is 5.99. The maximum atomic E-state index is 13.4. The summed E-state index contributed by atoms with van der Waals surface area (Å²) in [4.78, 5) is 25.3. The molecule has 3 aromatic rings. The number of ether oxygens (including phenoxy) is 5. The van der Waals surface area contributed by atoms with E-state index in [1.807, 2.05) is 0 Å². The zero-order valence-corrected chi connectivity index (χ0v) is 18.0. The molecule has 7 nitrogen and oxygen atoms in total. The molecule has 168 valence electrons. The van der Waals surface area contributed by atoms with Crippen LogP contribution in [0.1, 0.15) is 26.3 Å². The molecule has 33 heavy (non-hydrogen) atoms. The second kappa shape index (κ2) is 9.04. The first-order valence-electron chi connectivity index (χ1n) is 9.79. The molecule has 1 heterocycles. The minimum Gasteiger partial charge on any atom is -0.493 e. The monoisotopic (exact) mass is 450 g/mol. The van der Waals surface area contributed by atoms with Gasteiger partial charge in [0, 0.05) is 6.07 Å². The number of allylic oxidation sites excluding steroid dienone is 1. The van der Waals surface area contributed by atoms with Crippen molar-refractivity contribution in [1.29, 1.82) is 0 Å². The largest absolute Gasteiger partial charge is 0.493 e. The minimum absolute atomic E-state index is 0.0451. The van der Waals surface area contributed by atoms with Gasteiger partial charge in [-0.15, -0.1) is 0 Å². The normalized spacial score (nSPS) is 13.3. The molecule has 3 aromatic carbocycles. The summed E-state index contributed by atoms with van der Waals surface area (Å²) in [6.07, 6.45) is 1.45. The van der Waals surface area contributed by atoms with Crippen molar-refractivity contribution in [3.05, 3.63) is 82.9 Å². The number of Topliss-reactive ketones (excluding diaryl/α,β-unsaturated/α-hetero) is 1. The van der Waals surface area contributed by atoms with Crippen molar-refractivity contribution in [2.24, 2.45) is 0 Å². The fraction of sp³-hybridized carbons (Fsp3) is 0.120. The summed E-state index contributed by atoms with van der Waals surface area (Å²) in [6, 6.07) is 13.2. The summed E-state index contributed by atoms with van der Waals surface area (Å²) in [7, 11) is 4.34. The Labute approximate surface area is 188 Å². The van der Waals surface area contributed by atoms with Gasteiger partial charge in [0.05, 0.1) is 32.5 Å². The van der Waals surface area contributed by atoms with E-state index in [4.69, 9.17) is 23.7 Å². The van der Waals surface area contributed by atoms with Gasteiger partial charge >= 0.3 is 5.97 Å². The van der Waals surface area contributed by atoms with Crippen LogP contribution in [-0.2, 0) is 0 Å². The van der Waals surface area contributed by atoms with E-state index in [2.05, 4.69) is 0 Å². The molecule has 0 aromatic heterocycles. The number of hydrogen-bond acceptors (Lipinski definition) is 7. The standard InChI is InChI=1S/C25H19FO7/c1-29-21-11-15(12-22(30-2)24(21)31-3)25(28)32-17-7-8-18-19(13-17)33-20(23(18)27)10-14-5-4-6-16(26)9-14/h4-13H,1-3H3. The molecule has 0 fully saturated rings. The highest BCUT2D eigenvalue weighted by molar-refractivity contribution is 6.14. The van der Waals surface area contributed by atoms with Gasteiger partial charge in [-0.25, -0.2) is 9.18 Å². The van der Waals surface area contributed by atoms with Crippen LogP contribution in [-0.4, -0.2) is 33.1 Å². The summed E-state index contributed by atoms with van der Waals surface area (Å²) in [5.41, 5.74) is 0.971. The minimum atomic E-state index is -0.672. The second-order valence-corrected chi connectivity index (χ2v) is 6.96. The van der Waals surface area contributed by atoms with Gasteiger partial charge in [0.1, 0.15) is 17.3 Å². The van der Waals surface area contributed by atoms with Crippen molar-refractivity contribution < 1.29 is 37.7 Å². The number of carbonyl (C=O) groups excluding carboxylic acids is 2. The Balaban J connectivity index is 1.57. The van der Waals surface area contributed by atoms with E-state index in [-0.39, 0.29) is 28.6 Å². The molecule has 1 aliphatic heterocycles. The summed E-state index contributed by atoms with van der Waals surface area (Å²) >= 11 is 0. The molecule has 1 aliphatic rings. The first-order valence-corrected chi connectivity index (χ1v) is 9.79. The number of hydrogen-bond donors (Lipinski definition) is 0. The molecule has 0 bridgehead atoms. The molecule has 0 aliphatic carbocycles. The van der Waals surface area contributed by atoms with E-state index < -0.39 is 11.8 Å². The maximum absolute atomic E-state index is 13.4. The maximum Gasteiger partial charge on any atom is 0.343 e. The SMILES string of the molecule is COc1cc(C(=O)Oc2ccc3c(c2)OC(=Cc2cccc(F)c2)C3=O)cc(OC)c1OC. The lowest BCUT2D eigenvalue weighted by Gasteiger charge is -2.13. The van der Waals surface area contributed by atoms with E-state index >= 15 is 0 Å². The molecular weight excluding hydrogens is 431 g/mol. The zero-order chi connectivity index (χ0) is 23.5. The van der Waals surface area contributed by atoms with Crippen molar-refractivity contribution in [3.63, 3.8) is 0 Å². The van der Waals surface area contributed by atoms with Crippen molar-refractivity contribution >= 4 is 17.8 Å². The van der Waals surface area contributed by atoms with Crippen molar-refractivity contribution in [1.82, 2.24) is 0 Å². The number of halogens is 1. The number of rotatable bonds is 6. The van der Waals surface area contributed by atoms with Crippen LogP contribution >= 0.6 is 0 Å². The number of methoxy groups -OCH3 is 3. The van der Waals surface area contributed by atoms with Gasteiger partial charge in [-0.2, -0.15) is 0 Å². The van der Waals surface area contributed by atoms with Gasteiger partial charge in [0.2, 0.25) is 11.5 Å². The number of esters is 1. The smallest absolute Gasteiger partial charge is 0.343 e. The summed E-state index contributed by atoms with van der Waals surface area (Å²) in [5.74, 6) is -0.0378. The topological polar surface area (TPSA) is 80.3 Å². The average molecular weight is 450 g/mol. The van der Waals surface area contributed by atoms with Crippen molar-refractivity contribution in [3.8, 4) is 28.7 Å². The van der Waals surface area contributed by atoms with E-state index in [1.165, 1.54) is 75.9 Å². The van der Waals surface area contributed by atoms with Gasteiger partial charge < -0.3 is 23.7 Å². The second-order valence-electron chi connectivity index (χ2n) is 6.96. The quantitative estimate of drug-likeness (QED) is 0.306. The molecule has 8 heteroatoms.